The molecule has 1 heterocycles. The number of anilines is 1. The summed E-state index contributed by atoms with van der Waals surface area (Å²) < 4.78 is 6.45. The summed E-state index contributed by atoms with van der Waals surface area (Å²) in [7, 11) is -1.68. The van der Waals surface area contributed by atoms with Crippen LogP contribution in [0.25, 0.3) is 10.4 Å². The van der Waals surface area contributed by atoms with Crippen molar-refractivity contribution < 1.29 is 4.43 Å². The molecule has 1 aliphatic carbocycles. The van der Waals surface area contributed by atoms with Gasteiger partial charge in [0.25, 0.3) is 0 Å². The van der Waals surface area contributed by atoms with E-state index in [4.69, 9.17) is 10.2 Å². The summed E-state index contributed by atoms with van der Waals surface area (Å²) in [5, 5.41) is 0.265. The molecule has 0 radical (unpaired) electrons. The molecule has 0 bridgehead atoms. The second kappa shape index (κ2) is 9.73. The Morgan fingerprint density at radius 1 is 1.29 bits per heavy atom. The molecule has 172 valence electrons. The molecule has 0 spiro atoms. The maximum absolute atomic E-state index is 6.45. The smallest absolute Gasteiger partial charge is 0.191 e. The number of nitrogens with two attached hydrogens (primary N) is 1. The Kier molecular flexibility index (Phi) is 7.67. The van der Waals surface area contributed by atoms with E-state index in [0.29, 0.717) is 18.5 Å². The fourth-order valence-corrected chi connectivity index (χ4v) is 5.58. The molecule has 1 aliphatic rings. The average molecular weight is 460 g/mol. The quantitative estimate of drug-likeness (QED) is 0.407. The van der Waals surface area contributed by atoms with Crippen molar-refractivity contribution in [1.82, 2.24) is 4.98 Å². The summed E-state index contributed by atoms with van der Waals surface area (Å²) in [5.74, 6) is 0.574. The van der Waals surface area contributed by atoms with Crippen LogP contribution in [0.2, 0.25) is 18.1 Å². The molecule has 6 heteroatoms. The van der Waals surface area contributed by atoms with Gasteiger partial charge in [-0.3, -0.25) is 0 Å². The summed E-state index contributed by atoms with van der Waals surface area (Å²) in [6.45, 7) is 18.6. The highest BCUT2D eigenvalue weighted by atomic mass is 32.1. The highest BCUT2D eigenvalue weighted by Crippen LogP contribution is 2.39. The van der Waals surface area contributed by atoms with Gasteiger partial charge in [0.1, 0.15) is 0 Å². The minimum Gasteiger partial charge on any atom is -0.417 e. The zero-order valence-corrected chi connectivity index (χ0v) is 22.3. The molecular formula is C25H41N3OSSi. The molecule has 31 heavy (non-hydrogen) atoms. The van der Waals surface area contributed by atoms with Crippen LogP contribution in [0.4, 0.5) is 5.69 Å². The highest BCUT2D eigenvalue weighted by Gasteiger charge is 2.37. The summed E-state index contributed by atoms with van der Waals surface area (Å²) >= 11 is 1.72. The summed E-state index contributed by atoms with van der Waals surface area (Å²) in [5.41, 5.74) is 13.0. The van der Waals surface area contributed by atoms with Crippen molar-refractivity contribution in [3.63, 3.8) is 0 Å². The van der Waals surface area contributed by atoms with Crippen molar-refractivity contribution in [2.75, 3.05) is 18.1 Å². The van der Waals surface area contributed by atoms with Gasteiger partial charge >= 0.3 is 0 Å². The summed E-state index contributed by atoms with van der Waals surface area (Å²) in [6, 6.07) is 7.41. The fraction of sp³-hybridized carbons (Fsp3) is 0.640. The van der Waals surface area contributed by atoms with Gasteiger partial charge in [0.2, 0.25) is 0 Å². The molecule has 1 unspecified atom stereocenters. The number of thiazole rings is 1. The molecule has 2 N–H and O–H groups in total. The van der Waals surface area contributed by atoms with Crippen LogP contribution in [0.15, 0.2) is 23.7 Å². The fourth-order valence-electron chi connectivity index (χ4n) is 3.71. The topological polar surface area (TPSA) is 51.4 Å². The lowest BCUT2D eigenvalue weighted by Crippen LogP contribution is -2.41. The van der Waals surface area contributed by atoms with Crippen LogP contribution in [0.5, 0.6) is 0 Å². The molecule has 0 amide bonds. The number of nitrogens with zero attached hydrogens (tertiary/aromatic N) is 2. The van der Waals surface area contributed by atoms with Crippen LogP contribution in [-0.2, 0) is 11.0 Å². The van der Waals surface area contributed by atoms with E-state index in [1.807, 2.05) is 5.51 Å². The first-order valence-electron chi connectivity index (χ1n) is 11.7. The van der Waals surface area contributed by atoms with Gasteiger partial charge in [0.15, 0.2) is 8.32 Å². The Morgan fingerprint density at radius 3 is 2.55 bits per heavy atom. The predicted molar refractivity (Wildman–Crippen MR) is 137 cm³/mol. The first-order valence-corrected chi connectivity index (χ1v) is 15.5. The molecule has 1 aromatic heterocycles. The van der Waals surface area contributed by atoms with Crippen LogP contribution in [-0.4, -0.2) is 32.5 Å². The van der Waals surface area contributed by atoms with Gasteiger partial charge in [-0.05, 0) is 67.4 Å². The van der Waals surface area contributed by atoms with E-state index in [9.17, 15) is 0 Å². The molecule has 4 nitrogen and oxygen atoms in total. The van der Waals surface area contributed by atoms with Crippen LogP contribution >= 0.6 is 11.3 Å². The Morgan fingerprint density at radius 2 is 2.00 bits per heavy atom. The maximum Gasteiger partial charge on any atom is 0.191 e. The van der Waals surface area contributed by atoms with Gasteiger partial charge in [-0.1, -0.05) is 39.8 Å². The van der Waals surface area contributed by atoms with Crippen LogP contribution < -0.4 is 10.6 Å². The molecule has 1 saturated carbocycles. The van der Waals surface area contributed by atoms with Crippen molar-refractivity contribution in [2.45, 2.75) is 84.6 Å². The van der Waals surface area contributed by atoms with E-state index in [1.165, 1.54) is 34.5 Å². The molecule has 2 aromatic rings. The molecular weight excluding hydrogens is 418 g/mol. The standard InChI is InChI=1S/C25H41N3OSSi/c1-18(12-13-29-31(6,7)25(3,4)5)16-28(22-10-11-22)23-14-20(8-9-21(23)15-26)24-19(2)27-17-30-24/h8-9,14,17-18,22H,10-13,15-16,26H2,1-7H3. The third-order valence-corrected chi connectivity index (χ3v) is 12.5. The van der Waals surface area contributed by atoms with E-state index in [0.717, 1.165) is 25.3 Å². The number of aryl methyl sites for hydroxylation is 1. The van der Waals surface area contributed by atoms with E-state index in [2.05, 4.69) is 75.8 Å². The summed E-state index contributed by atoms with van der Waals surface area (Å²) in [4.78, 5) is 8.33. The van der Waals surface area contributed by atoms with Crippen molar-refractivity contribution in [3.8, 4) is 10.4 Å². The molecule has 1 aromatic carbocycles. The van der Waals surface area contributed by atoms with Crippen molar-refractivity contribution >= 4 is 25.3 Å². The first-order chi connectivity index (χ1) is 14.5. The third-order valence-electron chi connectivity index (χ3n) is 7.00. The van der Waals surface area contributed by atoms with Gasteiger partial charge < -0.3 is 15.1 Å². The summed E-state index contributed by atoms with van der Waals surface area (Å²) in [6.07, 6.45) is 3.66. The first kappa shape index (κ1) is 24.4. The zero-order chi connectivity index (χ0) is 22.8. The Hall–Kier alpha value is -1.21. The average Bonchev–Trinajstić information content (AvgIpc) is 3.45. The van der Waals surface area contributed by atoms with Gasteiger partial charge in [-0.15, -0.1) is 11.3 Å². The highest BCUT2D eigenvalue weighted by molar-refractivity contribution is 7.13. The van der Waals surface area contributed by atoms with Crippen LogP contribution in [0, 0.1) is 12.8 Å². The van der Waals surface area contributed by atoms with E-state index < -0.39 is 8.32 Å². The molecule has 0 aliphatic heterocycles. The second-order valence-electron chi connectivity index (χ2n) is 10.7. The number of benzene rings is 1. The van der Waals surface area contributed by atoms with E-state index in [1.54, 1.807) is 11.3 Å². The number of hydrogen-bond donors (Lipinski definition) is 1. The van der Waals surface area contributed by atoms with Gasteiger partial charge in [0, 0.05) is 31.4 Å². The van der Waals surface area contributed by atoms with E-state index >= 15 is 0 Å². The zero-order valence-electron chi connectivity index (χ0n) is 20.5. The Bertz CT molecular complexity index is 870. The monoisotopic (exact) mass is 459 g/mol. The largest absolute Gasteiger partial charge is 0.417 e. The maximum atomic E-state index is 6.45. The second-order valence-corrected chi connectivity index (χ2v) is 16.4. The number of aromatic nitrogens is 1. The van der Waals surface area contributed by atoms with Crippen molar-refractivity contribution in [3.05, 3.63) is 35.0 Å². The minimum absolute atomic E-state index is 0.265. The van der Waals surface area contributed by atoms with Gasteiger partial charge in [-0.25, -0.2) is 4.98 Å². The van der Waals surface area contributed by atoms with Crippen LogP contribution in [0.3, 0.4) is 0 Å². The van der Waals surface area contributed by atoms with Crippen molar-refractivity contribution in [2.24, 2.45) is 11.7 Å². The molecule has 3 rings (SSSR count). The Labute approximate surface area is 194 Å². The molecule has 0 saturated heterocycles. The number of hydrogen-bond acceptors (Lipinski definition) is 5. The predicted octanol–water partition coefficient (Wildman–Crippen LogP) is 6.59. The number of rotatable bonds is 10. The SMILES string of the molecule is Cc1ncsc1-c1ccc(CN)c(N(CC(C)CCO[Si](C)(C)C(C)(C)C)C2CC2)c1. The third kappa shape index (κ3) is 5.98. The lowest BCUT2D eigenvalue weighted by molar-refractivity contribution is 0.260. The van der Waals surface area contributed by atoms with Crippen LogP contribution in [0.1, 0.15) is 58.2 Å². The van der Waals surface area contributed by atoms with Gasteiger partial charge in [-0.2, -0.15) is 0 Å². The minimum atomic E-state index is -1.68. The Balaban J connectivity index is 1.73. The normalized spacial score (nSPS) is 15.9. The molecule has 1 fully saturated rings. The lowest BCUT2D eigenvalue weighted by atomic mass is 10.0. The lowest BCUT2D eigenvalue weighted by Gasteiger charge is -2.36. The van der Waals surface area contributed by atoms with Gasteiger partial charge in [0.05, 0.1) is 16.1 Å². The molecule has 1 atom stereocenters. The van der Waals surface area contributed by atoms with Crippen molar-refractivity contribution in [1.29, 1.82) is 0 Å². The van der Waals surface area contributed by atoms with E-state index in [-0.39, 0.29) is 5.04 Å².